The van der Waals surface area contributed by atoms with Gasteiger partial charge in [0, 0.05) is 24.4 Å². The number of hydrogen-bond donors (Lipinski definition) is 1. The topological polar surface area (TPSA) is 73.2 Å². The number of fused-ring (bicyclic) bond motifs is 1. The number of ether oxygens (including phenoxy) is 1. The number of aromatic nitrogens is 2. The van der Waals surface area contributed by atoms with Crippen LogP contribution in [0.1, 0.15) is 22.8 Å². The largest absolute Gasteiger partial charge is 0.416 e. The molecule has 0 radical (unpaired) electrons. The Balaban J connectivity index is 2.00. The summed E-state index contributed by atoms with van der Waals surface area (Å²) < 4.78 is 44.6. The van der Waals surface area contributed by atoms with Gasteiger partial charge in [-0.15, -0.1) is 0 Å². The zero-order chi connectivity index (χ0) is 21.2. The zero-order valence-corrected chi connectivity index (χ0v) is 15.7. The Morgan fingerprint density at radius 1 is 1.21 bits per heavy atom. The molecule has 0 aliphatic heterocycles. The summed E-state index contributed by atoms with van der Waals surface area (Å²) in [6.45, 7) is 2.15. The molecule has 1 N–H and O–H groups in total. The standard InChI is InChI=1S/C20H18F3N3O3/c1-12(11-29-2)25-19(28)13-3-8-17-16(9-13)24-10-18(27)26(17)15-6-4-14(5-7-15)20(21,22)23/h3-10,12H,11H2,1-2H3,(H,25,28)/t12-/m1/s1. The quantitative estimate of drug-likeness (QED) is 0.708. The molecule has 9 heteroatoms. The fourth-order valence-corrected chi connectivity index (χ4v) is 2.92. The maximum absolute atomic E-state index is 12.8. The van der Waals surface area contributed by atoms with Crippen LogP contribution in [0.4, 0.5) is 13.2 Å². The van der Waals surface area contributed by atoms with Crippen LogP contribution in [0.3, 0.4) is 0 Å². The molecule has 0 aliphatic rings. The van der Waals surface area contributed by atoms with Gasteiger partial charge in [0.2, 0.25) is 0 Å². The Kier molecular flexibility index (Phi) is 5.69. The lowest BCUT2D eigenvalue weighted by molar-refractivity contribution is -0.137. The molecule has 1 aromatic heterocycles. The lowest BCUT2D eigenvalue weighted by Gasteiger charge is -2.14. The third kappa shape index (κ3) is 4.45. The van der Waals surface area contributed by atoms with Crippen LogP contribution in [0.2, 0.25) is 0 Å². The molecule has 0 unspecified atom stereocenters. The fourth-order valence-electron chi connectivity index (χ4n) is 2.92. The van der Waals surface area contributed by atoms with Gasteiger partial charge in [0.1, 0.15) is 0 Å². The van der Waals surface area contributed by atoms with E-state index in [-0.39, 0.29) is 17.6 Å². The molecule has 1 amide bonds. The van der Waals surface area contributed by atoms with Gasteiger partial charge in [0.25, 0.3) is 11.5 Å². The molecule has 0 saturated carbocycles. The Morgan fingerprint density at radius 2 is 1.90 bits per heavy atom. The number of nitrogens with zero attached hydrogens (tertiary/aromatic N) is 2. The smallest absolute Gasteiger partial charge is 0.383 e. The molecule has 2 aromatic carbocycles. The van der Waals surface area contributed by atoms with Gasteiger partial charge in [0.05, 0.1) is 29.4 Å². The van der Waals surface area contributed by atoms with E-state index in [1.165, 1.54) is 42.0 Å². The van der Waals surface area contributed by atoms with Crippen molar-refractivity contribution in [1.82, 2.24) is 14.9 Å². The fraction of sp³-hybridized carbons (Fsp3) is 0.250. The number of benzene rings is 2. The highest BCUT2D eigenvalue weighted by Gasteiger charge is 2.30. The third-order valence-electron chi connectivity index (χ3n) is 4.26. The van der Waals surface area contributed by atoms with Gasteiger partial charge in [0.15, 0.2) is 0 Å². The molecular weight excluding hydrogens is 387 g/mol. The van der Waals surface area contributed by atoms with Crippen molar-refractivity contribution in [1.29, 1.82) is 0 Å². The van der Waals surface area contributed by atoms with Crippen molar-refractivity contribution < 1.29 is 22.7 Å². The minimum absolute atomic E-state index is 0.197. The molecule has 0 spiro atoms. The van der Waals surface area contributed by atoms with Crippen LogP contribution in [0.15, 0.2) is 53.5 Å². The summed E-state index contributed by atoms with van der Waals surface area (Å²) in [6.07, 6.45) is -3.40. The van der Waals surface area contributed by atoms with Gasteiger partial charge >= 0.3 is 6.18 Å². The van der Waals surface area contributed by atoms with Gasteiger partial charge in [-0.05, 0) is 49.4 Å². The molecule has 0 aliphatic carbocycles. The van der Waals surface area contributed by atoms with Crippen LogP contribution in [-0.4, -0.2) is 35.2 Å². The van der Waals surface area contributed by atoms with E-state index in [1.807, 2.05) is 0 Å². The maximum atomic E-state index is 12.8. The number of halogens is 3. The predicted octanol–water partition coefficient (Wildman–Crippen LogP) is 3.17. The first kappa shape index (κ1) is 20.5. The van der Waals surface area contributed by atoms with Gasteiger partial charge in [-0.2, -0.15) is 13.2 Å². The second-order valence-corrected chi connectivity index (χ2v) is 6.51. The van der Waals surface area contributed by atoms with Crippen molar-refractivity contribution in [2.45, 2.75) is 19.1 Å². The number of methoxy groups -OCH3 is 1. The van der Waals surface area contributed by atoms with Crippen LogP contribution in [-0.2, 0) is 10.9 Å². The number of alkyl halides is 3. The molecule has 29 heavy (non-hydrogen) atoms. The Hall–Kier alpha value is -3.20. The SMILES string of the molecule is COC[C@@H](C)NC(=O)c1ccc2c(c1)ncc(=O)n2-c1ccc(C(F)(F)F)cc1. The molecule has 1 heterocycles. The van der Waals surface area contributed by atoms with Crippen LogP contribution < -0.4 is 10.9 Å². The monoisotopic (exact) mass is 405 g/mol. The summed E-state index contributed by atoms with van der Waals surface area (Å²) in [5, 5.41) is 2.77. The summed E-state index contributed by atoms with van der Waals surface area (Å²) >= 11 is 0. The summed E-state index contributed by atoms with van der Waals surface area (Å²) in [4.78, 5) is 28.8. The Bertz CT molecular complexity index is 1090. The van der Waals surface area contributed by atoms with E-state index in [9.17, 15) is 22.8 Å². The van der Waals surface area contributed by atoms with Crippen molar-refractivity contribution in [3.63, 3.8) is 0 Å². The second-order valence-electron chi connectivity index (χ2n) is 6.51. The van der Waals surface area contributed by atoms with Gasteiger partial charge in [-0.25, -0.2) is 4.98 Å². The Labute approximate surface area is 163 Å². The van der Waals surface area contributed by atoms with Gasteiger partial charge in [-0.1, -0.05) is 0 Å². The summed E-state index contributed by atoms with van der Waals surface area (Å²) in [7, 11) is 1.53. The van der Waals surface area contributed by atoms with Gasteiger partial charge in [-0.3, -0.25) is 14.2 Å². The van der Waals surface area contributed by atoms with Crippen LogP contribution in [0.5, 0.6) is 0 Å². The highest BCUT2D eigenvalue weighted by Crippen LogP contribution is 2.29. The average molecular weight is 405 g/mol. The number of carbonyl (C=O) groups excluding carboxylic acids is 1. The summed E-state index contributed by atoms with van der Waals surface area (Å²) in [6, 6.07) is 8.64. The van der Waals surface area contributed by atoms with E-state index in [1.54, 1.807) is 6.92 Å². The van der Waals surface area contributed by atoms with E-state index >= 15 is 0 Å². The summed E-state index contributed by atoms with van der Waals surface area (Å²) in [5.74, 6) is -0.328. The molecule has 3 rings (SSSR count). The van der Waals surface area contributed by atoms with Crippen molar-refractivity contribution in [3.8, 4) is 5.69 Å². The number of rotatable bonds is 5. The average Bonchev–Trinajstić information content (AvgIpc) is 2.67. The minimum Gasteiger partial charge on any atom is -0.383 e. The maximum Gasteiger partial charge on any atom is 0.416 e. The number of amides is 1. The van der Waals surface area contributed by atoms with E-state index in [2.05, 4.69) is 10.3 Å². The molecule has 152 valence electrons. The normalized spacial score (nSPS) is 12.7. The van der Waals surface area contributed by atoms with Crippen LogP contribution in [0.25, 0.3) is 16.7 Å². The zero-order valence-electron chi connectivity index (χ0n) is 15.7. The first-order chi connectivity index (χ1) is 13.7. The highest BCUT2D eigenvalue weighted by molar-refractivity contribution is 5.97. The molecule has 0 fully saturated rings. The molecule has 3 aromatic rings. The lowest BCUT2D eigenvalue weighted by atomic mass is 10.1. The first-order valence-electron chi connectivity index (χ1n) is 8.70. The summed E-state index contributed by atoms with van der Waals surface area (Å²) in [5.41, 5.74) is 0.0298. The van der Waals surface area contributed by atoms with Gasteiger partial charge < -0.3 is 10.1 Å². The minimum atomic E-state index is -4.47. The van der Waals surface area contributed by atoms with E-state index in [4.69, 9.17) is 4.74 Å². The highest BCUT2D eigenvalue weighted by atomic mass is 19.4. The number of carbonyl (C=O) groups is 1. The number of hydrogen-bond acceptors (Lipinski definition) is 4. The first-order valence-corrected chi connectivity index (χ1v) is 8.70. The van der Waals surface area contributed by atoms with Crippen molar-refractivity contribution in [2.24, 2.45) is 0 Å². The Morgan fingerprint density at radius 3 is 2.52 bits per heavy atom. The third-order valence-corrected chi connectivity index (χ3v) is 4.26. The van der Waals surface area contributed by atoms with E-state index in [0.717, 1.165) is 18.3 Å². The van der Waals surface area contributed by atoms with E-state index < -0.39 is 17.3 Å². The molecule has 0 saturated heterocycles. The van der Waals surface area contributed by atoms with E-state index in [0.29, 0.717) is 23.2 Å². The molecule has 0 bridgehead atoms. The predicted molar refractivity (Wildman–Crippen MR) is 101 cm³/mol. The molecule has 6 nitrogen and oxygen atoms in total. The van der Waals surface area contributed by atoms with Crippen LogP contribution >= 0.6 is 0 Å². The van der Waals surface area contributed by atoms with Crippen molar-refractivity contribution in [3.05, 3.63) is 70.1 Å². The van der Waals surface area contributed by atoms with Crippen LogP contribution in [0, 0.1) is 0 Å². The molecule has 1 atom stereocenters. The number of nitrogens with one attached hydrogen (secondary N) is 1. The lowest BCUT2D eigenvalue weighted by Crippen LogP contribution is -2.35. The van der Waals surface area contributed by atoms with Crippen molar-refractivity contribution in [2.75, 3.05) is 13.7 Å². The van der Waals surface area contributed by atoms with Crippen molar-refractivity contribution >= 4 is 16.9 Å². The molecular formula is C20H18F3N3O3. The second kappa shape index (κ2) is 8.04.